The molecule has 4 nitrogen and oxygen atoms in total. The predicted octanol–water partition coefficient (Wildman–Crippen LogP) is 2.27. The van der Waals surface area contributed by atoms with E-state index in [1.54, 1.807) is 0 Å². The van der Waals surface area contributed by atoms with Crippen LogP contribution in [0.2, 0.25) is 5.02 Å². The molecule has 0 saturated heterocycles. The van der Waals surface area contributed by atoms with Crippen molar-refractivity contribution >= 4 is 23.8 Å². The van der Waals surface area contributed by atoms with Crippen LogP contribution in [0.5, 0.6) is 0 Å². The van der Waals surface area contributed by atoms with Crippen LogP contribution in [0.4, 0.5) is 13.2 Å². The average Bonchev–Trinajstić information content (AvgIpc) is 2.22. The number of halogens is 4. The van der Waals surface area contributed by atoms with E-state index in [0.717, 1.165) is 6.07 Å². The summed E-state index contributed by atoms with van der Waals surface area (Å²) in [5, 5.41) is 6.76. The summed E-state index contributed by atoms with van der Waals surface area (Å²) in [6.07, 6.45) is -3.27. The quantitative estimate of drug-likeness (QED) is 0.495. The Morgan fingerprint density at radius 2 is 1.94 bits per heavy atom. The molecule has 0 atom stereocenters. The minimum atomic E-state index is -4.44. The maximum atomic E-state index is 12.6. The van der Waals surface area contributed by atoms with Crippen LogP contribution in [0.25, 0.3) is 0 Å². The molecule has 0 amide bonds. The van der Waals surface area contributed by atoms with Gasteiger partial charge in [-0.15, -0.1) is 5.10 Å². The number of alkyl halides is 3. The first-order valence-electron chi connectivity index (χ1n) is 4.71. The molecule has 0 spiro atoms. The summed E-state index contributed by atoms with van der Waals surface area (Å²) in [4.78, 5) is 0. The van der Waals surface area contributed by atoms with Crippen molar-refractivity contribution < 1.29 is 13.2 Å². The van der Waals surface area contributed by atoms with Crippen LogP contribution in [0.3, 0.4) is 0 Å². The highest BCUT2D eigenvalue weighted by Crippen LogP contribution is 2.35. The SMILES string of the molecule is Cc1c(C(F)(F)F)ccc(C=NN=C(N)N)c1Cl. The summed E-state index contributed by atoms with van der Waals surface area (Å²) in [5.41, 5.74) is 9.52. The first-order chi connectivity index (χ1) is 8.23. The van der Waals surface area contributed by atoms with Crippen molar-refractivity contribution in [1.82, 2.24) is 0 Å². The molecule has 1 aromatic carbocycles. The van der Waals surface area contributed by atoms with E-state index in [-0.39, 0.29) is 16.5 Å². The van der Waals surface area contributed by atoms with E-state index in [2.05, 4.69) is 10.2 Å². The van der Waals surface area contributed by atoms with E-state index in [0.29, 0.717) is 5.56 Å². The highest BCUT2D eigenvalue weighted by molar-refractivity contribution is 6.34. The molecule has 4 N–H and O–H groups in total. The topological polar surface area (TPSA) is 76.8 Å². The van der Waals surface area contributed by atoms with E-state index < -0.39 is 11.7 Å². The number of hydrogen-bond donors (Lipinski definition) is 2. The van der Waals surface area contributed by atoms with Crippen molar-refractivity contribution in [3.05, 3.63) is 33.8 Å². The first kappa shape index (κ1) is 14.3. The van der Waals surface area contributed by atoms with Crippen molar-refractivity contribution in [3.8, 4) is 0 Å². The normalized spacial score (nSPS) is 11.8. The first-order valence-corrected chi connectivity index (χ1v) is 5.09. The third kappa shape index (κ3) is 3.36. The third-order valence-electron chi connectivity index (χ3n) is 2.09. The van der Waals surface area contributed by atoms with Crippen LogP contribution < -0.4 is 11.5 Å². The van der Waals surface area contributed by atoms with Crippen molar-refractivity contribution in [2.45, 2.75) is 13.1 Å². The van der Waals surface area contributed by atoms with Gasteiger partial charge in [0.05, 0.1) is 16.8 Å². The molecule has 0 bridgehead atoms. The van der Waals surface area contributed by atoms with Gasteiger partial charge in [-0.3, -0.25) is 0 Å². The maximum Gasteiger partial charge on any atom is 0.416 e. The average molecular weight is 279 g/mol. The molecule has 0 heterocycles. The molecule has 0 aliphatic heterocycles. The molecule has 1 aromatic rings. The van der Waals surface area contributed by atoms with Crippen LogP contribution in [0, 0.1) is 6.92 Å². The Hall–Kier alpha value is -1.76. The fraction of sp³-hybridized carbons (Fsp3) is 0.200. The third-order valence-corrected chi connectivity index (χ3v) is 2.59. The largest absolute Gasteiger partial charge is 0.416 e. The summed E-state index contributed by atoms with van der Waals surface area (Å²) in [5.74, 6) is -0.258. The second kappa shape index (κ2) is 5.26. The summed E-state index contributed by atoms with van der Waals surface area (Å²) in [6.45, 7) is 1.28. The molecule has 0 aliphatic carbocycles. The van der Waals surface area contributed by atoms with E-state index in [1.807, 2.05) is 0 Å². The highest BCUT2D eigenvalue weighted by atomic mass is 35.5. The Labute approximate surface area is 106 Å². The number of benzene rings is 1. The van der Waals surface area contributed by atoms with E-state index in [1.165, 1.54) is 19.2 Å². The smallest absolute Gasteiger partial charge is 0.369 e. The number of nitrogens with zero attached hydrogens (tertiary/aromatic N) is 2. The fourth-order valence-corrected chi connectivity index (χ4v) is 1.48. The Morgan fingerprint density at radius 1 is 1.33 bits per heavy atom. The van der Waals surface area contributed by atoms with Gasteiger partial charge >= 0.3 is 6.18 Å². The molecule has 98 valence electrons. The maximum absolute atomic E-state index is 12.6. The molecule has 18 heavy (non-hydrogen) atoms. The number of nitrogens with two attached hydrogens (primary N) is 2. The van der Waals surface area contributed by atoms with Crippen molar-refractivity contribution in [3.63, 3.8) is 0 Å². The lowest BCUT2D eigenvalue weighted by Crippen LogP contribution is -2.21. The molecule has 0 fully saturated rings. The Morgan fingerprint density at radius 3 is 2.44 bits per heavy atom. The molecular formula is C10H10ClF3N4. The second-order valence-electron chi connectivity index (χ2n) is 3.41. The number of guanidine groups is 1. The van der Waals surface area contributed by atoms with Crippen molar-refractivity contribution in [2.75, 3.05) is 0 Å². The molecule has 0 radical (unpaired) electrons. The van der Waals surface area contributed by atoms with Gasteiger partial charge in [-0.1, -0.05) is 17.7 Å². The summed E-state index contributed by atoms with van der Waals surface area (Å²) in [7, 11) is 0. The minimum absolute atomic E-state index is 0.0423. The van der Waals surface area contributed by atoms with Gasteiger partial charge in [0.2, 0.25) is 5.96 Å². The van der Waals surface area contributed by atoms with Gasteiger partial charge in [-0.05, 0) is 18.6 Å². The Bertz CT molecular complexity index is 505. The van der Waals surface area contributed by atoms with Gasteiger partial charge in [0, 0.05) is 5.56 Å². The molecule has 0 unspecified atom stereocenters. The van der Waals surface area contributed by atoms with Crippen LogP contribution in [0.1, 0.15) is 16.7 Å². The zero-order valence-corrected chi connectivity index (χ0v) is 10.0. The van der Waals surface area contributed by atoms with Gasteiger partial charge in [0.15, 0.2) is 0 Å². The van der Waals surface area contributed by atoms with E-state index in [4.69, 9.17) is 23.1 Å². The van der Waals surface area contributed by atoms with E-state index >= 15 is 0 Å². The minimum Gasteiger partial charge on any atom is -0.369 e. The zero-order chi connectivity index (χ0) is 13.9. The van der Waals surface area contributed by atoms with Gasteiger partial charge < -0.3 is 11.5 Å². The lowest BCUT2D eigenvalue weighted by Gasteiger charge is -2.12. The Balaban J connectivity index is 3.17. The molecule has 1 rings (SSSR count). The van der Waals surface area contributed by atoms with Crippen LogP contribution in [-0.4, -0.2) is 12.2 Å². The zero-order valence-electron chi connectivity index (χ0n) is 9.29. The van der Waals surface area contributed by atoms with Gasteiger partial charge in [-0.2, -0.15) is 18.3 Å². The van der Waals surface area contributed by atoms with Gasteiger partial charge in [-0.25, -0.2) is 0 Å². The van der Waals surface area contributed by atoms with Crippen LogP contribution in [0.15, 0.2) is 22.3 Å². The summed E-state index contributed by atoms with van der Waals surface area (Å²) >= 11 is 5.82. The summed E-state index contributed by atoms with van der Waals surface area (Å²) in [6, 6.07) is 2.13. The monoisotopic (exact) mass is 278 g/mol. The van der Waals surface area contributed by atoms with Crippen LogP contribution >= 0.6 is 11.6 Å². The highest BCUT2D eigenvalue weighted by Gasteiger charge is 2.33. The van der Waals surface area contributed by atoms with Crippen LogP contribution in [-0.2, 0) is 6.18 Å². The number of hydrogen-bond acceptors (Lipinski definition) is 2. The molecule has 0 aliphatic rings. The number of rotatable bonds is 2. The Kier molecular flexibility index (Phi) is 4.18. The van der Waals surface area contributed by atoms with E-state index in [9.17, 15) is 13.2 Å². The van der Waals surface area contributed by atoms with Crippen molar-refractivity contribution in [2.24, 2.45) is 21.7 Å². The predicted molar refractivity (Wildman–Crippen MR) is 64.6 cm³/mol. The van der Waals surface area contributed by atoms with Crippen molar-refractivity contribution in [1.29, 1.82) is 0 Å². The summed E-state index contributed by atoms with van der Waals surface area (Å²) < 4.78 is 37.7. The molecule has 0 saturated carbocycles. The fourth-order valence-electron chi connectivity index (χ4n) is 1.27. The molecule has 8 heteroatoms. The molecular weight excluding hydrogens is 269 g/mol. The van der Waals surface area contributed by atoms with Gasteiger partial charge in [0.25, 0.3) is 0 Å². The lowest BCUT2D eigenvalue weighted by molar-refractivity contribution is -0.138. The van der Waals surface area contributed by atoms with Gasteiger partial charge in [0.1, 0.15) is 0 Å². The standard InChI is InChI=1S/C10H10ClF3N4/c1-5-7(10(12,13)14)3-2-6(8(5)11)4-17-18-9(15)16/h2-4H,1H3,(H4,15,16,18). The second-order valence-corrected chi connectivity index (χ2v) is 3.79. The lowest BCUT2D eigenvalue weighted by atomic mass is 10.1. The molecule has 0 aromatic heterocycles.